The van der Waals surface area contributed by atoms with Gasteiger partial charge in [-0.3, -0.25) is 4.90 Å². The Morgan fingerprint density at radius 2 is 2.10 bits per heavy atom. The van der Waals surface area contributed by atoms with Crippen molar-refractivity contribution in [1.82, 2.24) is 4.90 Å². The monoisotopic (exact) mass is 309 g/mol. The first kappa shape index (κ1) is 14.6. The number of aliphatic hydroxyl groups excluding tert-OH is 1. The molecule has 1 fully saturated rings. The summed E-state index contributed by atoms with van der Waals surface area (Å²) in [5.41, 5.74) is 0.333. The molecular formula is C16H17F2NOS. The van der Waals surface area contributed by atoms with Crippen LogP contribution in [0.2, 0.25) is 0 Å². The molecule has 5 heteroatoms. The normalized spacial score (nSPS) is 22.9. The second-order valence-electron chi connectivity index (χ2n) is 5.51. The van der Waals surface area contributed by atoms with Crippen molar-refractivity contribution in [2.24, 2.45) is 0 Å². The van der Waals surface area contributed by atoms with Crippen LogP contribution in [-0.2, 0) is 6.54 Å². The molecule has 2 nitrogen and oxygen atoms in total. The van der Waals surface area contributed by atoms with Gasteiger partial charge in [0.25, 0.3) is 0 Å². The van der Waals surface area contributed by atoms with E-state index in [0.29, 0.717) is 25.1 Å². The first-order valence-electron chi connectivity index (χ1n) is 6.95. The lowest BCUT2D eigenvalue weighted by molar-refractivity contribution is 0.173. The Morgan fingerprint density at radius 3 is 2.81 bits per heavy atom. The van der Waals surface area contributed by atoms with Gasteiger partial charge < -0.3 is 5.11 Å². The van der Waals surface area contributed by atoms with E-state index >= 15 is 0 Å². The van der Waals surface area contributed by atoms with Crippen molar-refractivity contribution in [2.45, 2.75) is 32.0 Å². The molecule has 21 heavy (non-hydrogen) atoms. The van der Waals surface area contributed by atoms with Crippen LogP contribution in [0.4, 0.5) is 8.78 Å². The number of aliphatic hydroxyl groups is 1. The van der Waals surface area contributed by atoms with Crippen molar-refractivity contribution in [1.29, 1.82) is 0 Å². The zero-order valence-electron chi connectivity index (χ0n) is 11.7. The summed E-state index contributed by atoms with van der Waals surface area (Å²) in [7, 11) is 0. The summed E-state index contributed by atoms with van der Waals surface area (Å²) in [4.78, 5) is 4.41. The molecule has 1 aromatic heterocycles. The van der Waals surface area contributed by atoms with Crippen LogP contribution in [-0.4, -0.2) is 22.7 Å². The zero-order chi connectivity index (χ0) is 15.0. The van der Waals surface area contributed by atoms with Crippen molar-refractivity contribution in [3.8, 4) is 0 Å². The Kier molecular flexibility index (Phi) is 4.06. The summed E-state index contributed by atoms with van der Waals surface area (Å²) in [6.07, 6.45) is -0.0659. The van der Waals surface area contributed by atoms with E-state index in [4.69, 9.17) is 0 Å². The molecule has 0 bridgehead atoms. The molecule has 0 aliphatic carbocycles. The third kappa shape index (κ3) is 3.15. The smallest absolute Gasteiger partial charge is 0.128 e. The predicted molar refractivity (Wildman–Crippen MR) is 79.2 cm³/mol. The molecular weight excluding hydrogens is 292 g/mol. The summed E-state index contributed by atoms with van der Waals surface area (Å²) in [6, 6.07) is 7.33. The standard InChI is InChI=1S/C16H17F2NOS/c1-10-2-4-13(21-10)9-19-8-12(20)7-16(19)14-6-11(17)3-5-15(14)18/h2-6,12,16,20H,7-9H2,1H3. The lowest BCUT2D eigenvalue weighted by atomic mass is 10.0. The van der Waals surface area contributed by atoms with Gasteiger partial charge in [-0.1, -0.05) is 0 Å². The van der Waals surface area contributed by atoms with Crippen LogP contribution >= 0.6 is 11.3 Å². The summed E-state index contributed by atoms with van der Waals surface area (Å²) in [6.45, 7) is 3.17. The molecule has 0 radical (unpaired) electrons. The molecule has 0 spiro atoms. The van der Waals surface area contributed by atoms with E-state index in [9.17, 15) is 13.9 Å². The van der Waals surface area contributed by atoms with E-state index in [-0.39, 0.29) is 6.04 Å². The van der Waals surface area contributed by atoms with Crippen LogP contribution in [0.1, 0.15) is 27.8 Å². The van der Waals surface area contributed by atoms with Crippen LogP contribution in [0.15, 0.2) is 30.3 Å². The van der Waals surface area contributed by atoms with E-state index in [0.717, 1.165) is 12.1 Å². The molecule has 1 saturated heterocycles. The molecule has 3 rings (SSSR count). The molecule has 1 aromatic carbocycles. The molecule has 1 N–H and O–H groups in total. The number of thiophene rings is 1. The lowest BCUT2D eigenvalue weighted by Crippen LogP contribution is -2.24. The number of benzene rings is 1. The Labute approximate surface area is 126 Å². The van der Waals surface area contributed by atoms with Crippen LogP contribution in [0.25, 0.3) is 0 Å². The molecule has 2 unspecified atom stereocenters. The number of rotatable bonds is 3. The number of nitrogens with zero attached hydrogens (tertiary/aromatic N) is 1. The van der Waals surface area contributed by atoms with Crippen LogP contribution < -0.4 is 0 Å². The van der Waals surface area contributed by atoms with Gasteiger partial charge in [-0.2, -0.15) is 0 Å². The highest BCUT2D eigenvalue weighted by atomic mass is 32.1. The fraction of sp³-hybridized carbons (Fsp3) is 0.375. The highest BCUT2D eigenvalue weighted by Gasteiger charge is 2.33. The molecule has 0 amide bonds. The number of hydrogen-bond donors (Lipinski definition) is 1. The summed E-state index contributed by atoms with van der Waals surface area (Å²) in [5, 5.41) is 9.92. The fourth-order valence-corrected chi connectivity index (χ4v) is 3.83. The maximum Gasteiger partial charge on any atom is 0.128 e. The third-order valence-corrected chi connectivity index (χ3v) is 4.84. The van der Waals surface area contributed by atoms with E-state index in [2.05, 4.69) is 0 Å². The van der Waals surface area contributed by atoms with Crippen LogP contribution in [0, 0.1) is 18.6 Å². The third-order valence-electron chi connectivity index (χ3n) is 3.85. The fourth-order valence-electron chi connectivity index (χ4n) is 2.92. The minimum Gasteiger partial charge on any atom is -0.392 e. The van der Waals surface area contributed by atoms with E-state index < -0.39 is 17.7 Å². The summed E-state index contributed by atoms with van der Waals surface area (Å²) >= 11 is 1.69. The number of aryl methyl sites for hydroxylation is 1. The largest absolute Gasteiger partial charge is 0.392 e. The first-order valence-corrected chi connectivity index (χ1v) is 7.77. The quantitative estimate of drug-likeness (QED) is 0.935. The van der Waals surface area contributed by atoms with Gasteiger partial charge in [0.2, 0.25) is 0 Å². The van der Waals surface area contributed by atoms with Gasteiger partial charge in [0.1, 0.15) is 11.6 Å². The van der Waals surface area contributed by atoms with E-state index in [1.54, 1.807) is 11.3 Å². The van der Waals surface area contributed by atoms with Gasteiger partial charge in [0.15, 0.2) is 0 Å². The number of β-amino-alcohol motifs (C(OH)–C–C–N with tert-alkyl or cyclic N) is 1. The number of halogens is 2. The Morgan fingerprint density at radius 1 is 1.29 bits per heavy atom. The molecule has 2 heterocycles. The van der Waals surface area contributed by atoms with Gasteiger partial charge in [-0.25, -0.2) is 8.78 Å². The molecule has 0 saturated carbocycles. The van der Waals surface area contributed by atoms with Gasteiger partial charge in [0, 0.05) is 34.4 Å². The van der Waals surface area contributed by atoms with Gasteiger partial charge >= 0.3 is 0 Å². The van der Waals surface area contributed by atoms with Crippen molar-refractivity contribution in [3.63, 3.8) is 0 Å². The van der Waals surface area contributed by atoms with Crippen molar-refractivity contribution >= 4 is 11.3 Å². The topological polar surface area (TPSA) is 23.5 Å². The number of likely N-dealkylation sites (tertiary alicyclic amines) is 1. The van der Waals surface area contributed by atoms with Crippen molar-refractivity contribution in [3.05, 3.63) is 57.3 Å². The Balaban J connectivity index is 1.86. The Bertz CT molecular complexity index is 643. The highest BCUT2D eigenvalue weighted by molar-refractivity contribution is 7.11. The highest BCUT2D eigenvalue weighted by Crippen LogP contribution is 2.35. The maximum atomic E-state index is 14.0. The van der Waals surface area contributed by atoms with Crippen molar-refractivity contribution in [2.75, 3.05) is 6.54 Å². The zero-order valence-corrected chi connectivity index (χ0v) is 12.5. The first-order chi connectivity index (χ1) is 10.0. The summed E-state index contributed by atoms with van der Waals surface area (Å²) < 4.78 is 27.4. The van der Waals surface area contributed by atoms with Crippen molar-refractivity contribution < 1.29 is 13.9 Å². The average molecular weight is 309 g/mol. The van der Waals surface area contributed by atoms with E-state index in [1.807, 2.05) is 24.0 Å². The molecule has 2 atom stereocenters. The molecule has 1 aliphatic rings. The number of hydrogen-bond acceptors (Lipinski definition) is 3. The SMILES string of the molecule is Cc1ccc(CN2CC(O)CC2c2cc(F)ccc2F)s1. The lowest BCUT2D eigenvalue weighted by Gasteiger charge is -2.24. The second kappa shape index (κ2) is 5.83. The maximum absolute atomic E-state index is 14.0. The predicted octanol–water partition coefficient (Wildman–Crippen LogP) is 3.64. The molecule has 112 valence electrons. The van der Waals surface area contributed by atoms with Crippen LogP contribution in [0.5, 0.6) is 0 Å². The van der Waals surface area contributed by atoms with Gasteiger partial charge in [-0.15, -0.1) is 11.3 Å². The van der Waals surface area contributed by atoms with E-state index in [1.165, 1.54) is 15.8 Å². The Hall–Kier alpha value is -1.30. The second-order valence-corrected chi connectivity index (χ2v) is 6.89. The minimum atomic E-state index is -0.501. The molecule has 1 aliphatic heterocycles. The van der Waals surface area contributed by atoms with Crippen LogP contribution in [0.3, 0.4) is 0 Å². The van der Waals surface area contributed by atoms with Gasteiger partial charge in [-0.05, 0) is 43.7 Å². The van der Waals surface area contributed by atoms with Gasteiger partial charge in [0.05, 0.1) is 6.10 Å². The minimum absolute atomic E-state index is 0.280. The summed E-state index contributed by atoms with van der Waals surface area (Å²) in [5.74, 6) is -0.859. The average Bonchev–Trinajstić information content (AvgIpc) is 2.99. The molecule has 2 aromatic rings.